The molecule has 0 radical (unpaired) electrons. The zero-order valence-corrected chi connectivity index (χ0v) is 23.1. The highest BCUT2D eigenvalue weighted by atomic mass is 35.5. The van der Waals surface area contributed by atoms with Gasteiger partial charge in [0.1, 0.15) is 40.7 Å². The summed E-state index contributed by atoms with van der Waals surface area (Å²) in [6, 6.07) is 3.44. The second kappa shape index (κ2) is 10.6. The van der Waals surface area contributed by atoms with Crippen molar-refractivity contribution in [3.8, 4) is 5.75 Å². The number of aromatic amines is 2. The molecule has 4 aromatic heterocycles. The zero-order valence-electron chi connectivity index (χ0n) is 20.8. The molecule has 3 N–H and O–H groups in total. The number of nitrogens with zero attached hydrogens (tertiary/aromatic N) is 4. The van der Waals surface area contributed by atoms with Crippen molar-refractivity contribution in [2.75, 3.05) is 12.4 Å². The third-order valence-corrected chi connectivity index (χ3v) is 8.23. The summed E-state index contributed by atoms with van der Waals surface area (Å²) < 4.78 is 5.40. The minimum absolute atomic E-state index is 0.450. The first-order chi connectivity index (χ1) is 18.5. The van der Waals surface area contributed by atoms with E-state index in [0.717, 1.165) is 59.3 Å². The number of nitrogens with one attached hydrogen (secondary N) is 3. The van der Waals surface area contributed by atoms with Crippen LogP contribution in [0.15, 0.2) is 24.8 Å². The maximum atomic E-state index is 6.16. The van der Waals surface area contributed by atoms with Crippen LogP contribution < -0.4 is 10.1 Å². The molecule has 1 aromatic carbocycles. The zero-order chi connectivity index (χ0) is 26.2. The van der Waals surface area contributed by atoms with Crippen molar-refractivity contribution in [1.82, 2.24) is 29.9 Å². The number of rotatable bonds is 3. The minimum Gasteiger partial charge on any atom is -0.495 e. The summed E-state index contributed by atoms with van der Waals surface area (Å²) in [6.45, 7) is 0. The molecule has 38 heavy (non-hydrogen) atoms. The largest absolute Gasteiger partial charge is 0.495 e. The lowest BCUT2D eigenvalue weighted by molar-refractivity contribution is 0.417. The molecule has 0 spiro atoms. The highest BCUT2D eigenvalue weighted by Gasteiger charge is 2.21. The first-order valence-electron chi connectivity index (χ1n) is 12.7. The number of H-pyrrole nitrogens is 2. The Kier molecular flexibility index (Phi) is 7.03. The molecule has 0 amide bonds. The van der Waals surface area contributed by atoms with E-state index in [4.69, 9.17) is 39.5 Å². The highest BCUT2D eigenvalue weighted by Crippen LogP contribution is 2.38. The molecule has 11 heteroatoms. The van der Waals surface area contributed by atoms with Crippen LogP contribution in [0.3, 0.4) is 0 Å². The van der Waals surface area contributed by atoms with E-state index >= 15 is 0 Å². The fraction of sp³-hybridized carbons (Fsp3) is 0.333. The van der Waals surface area contributed by atoms with Crippen molar-refractivity contribution >= 4 is 68.4 Å². The summed E-state index contributed by atoms with van der Waals surface area (Å²) in [6.07, 6.45) is 12.3. The summed E-state index contributed by atoms with van der Waals surface area (Å²) >= 11 is 18.3. The van der Waals surface area contributed by atoms with Crippen molar-refractivity contribution < 1.29 is 4.74 Å². The van der Waals surface area contributed by atoms with Crippen LogP contribution in [0.1, 0.15) is 48.2 Å². The summed E-state index contributed by atoms with van der Waals surface area (Å²) in [7, 11) is 1.60. The van der Waals surface area contributed by atoms with Crippen molar-refractivity contribution in [2.45, 2.75) is 51.4 Å². The Morgan fingerprint density at radius 2 is 1.32 bits per heavy atom. The third kappa shape index (κ3) is 4.65. The number of anilines is 2. The van der Waals surface area contributed by atoms with E-state index < -0.39 is 0 Å². The van der Waals surface area contributed by atoms with E-state index in [0.29, 0.717) is 20.9 Å². The molecular formula is C27H26Cl3N7O. The summed E-state index contributed by atoms with van der Waals surface area (Å²) in [5.74, 6) is 1.36. The van der Waals surface area contributed by atoms with E-state index in [2.05, 4.69) is 35.2 Å². The average Bonchev–Trinajstić information content (AvgIpc) is 3.50. The second-order valence-corrected chi connectivity index (χ2v) is 10.7. The molecule has 0 fully saturated rings. The van der Waals surface area contributed by atoms with Crippen LogP contribution in [-0.4, -0.2) is 37.0 Å². The van der Waals surface area contributed by atoms with Crippen LogP contribution in [0, 0.1) is 0 Å². The maximum Gasteiger partial charge on any atom is 0.143 e. The van der Waals surface area contributed by atoms with Crippen LogP contribution in [0.2, 0.25) is 15.2 Å². The Morgan fingerprint density at radius 1 is 0.737 bits per heavy atom. The standard InChI is InChI=1S/C17H16Cl2N4O.C10H10ClN3/c1-24-14-7-11(19)10(18)6-13(14)23-17-15-9-4-2-3-5-12(9)22-16(15)20-8-21-17;11-9-8-6-3-1-2-4-7(6)14-10(8)13-5-12-9/h6-8H,2-5H2,1H3,(H2,20,21,22,23);5H,1-4H2,(H,12,13,14). The van der Waals surface area contributed by atoms with Crippen molar-refractivity contribution in [1.29, 1.82) is 0 Å². The number of methoxy groups -OCH3 is 1. The smallest absolute Gasteiger partial charge is 0.143 e. The Morgan fingerprint density at radius 3 is 2.00 bits per heavy atom. The first kappa shape index (κ1) is 25.2. The molecule has 8 nitrogen and oxygen atoms in total. The van der Waals surface area contributed by atoms with Crippen molar-refractivity contribution in [3.05, 3.63) is 62.5 Å². The van der Waals surface area contributed by atoms with Gasteiger partial charge in [-0.05, 0) is 68.6 Å². The molecule has 5 aromatic rings. The topological polar surface area (TPSA) is 104 Å². The number of benzene rings is 1. The van der Waals surface area contributed by atoms with Gasteiger partial charge in [0.15, 0.2) is 0 Å². The predicted molar refractivity (Wildman–Crippen MR) is 152 cm³/mol. The molecule has 0 aliphatic heterocycles. The Labute approximate surface area is 234 Å². The van der Waals surface area contributed by atoms with Gasteiger partial charge in [0.25, 0.3) is 0 Å². The predicted octanol–water partition coefficient (Wildman–Crippen LogP) is 7.39. The van der Waals surface area contributed by atoms with Crippen LogP contribution in [0.4, 0.5) is 11.5 Å². The van der Waals surface area contributed by atoms with Gasteiger partial charge in [-0.2, -0.15) is 0 Å². The second-order valence-electron chi connectivity index (χ2n) is 9.50. The number of ether oxygens (including phenoxy) is 1. The van der Waals surface area contributed by atoms with Gasteiger partial charge in [-0.15, -0.1) is 0 Å². The quantitative estimate of drug-likeness (QED) is 0.195. The van der Waals surface area contributed by atoms with Gasteiger partial charge >= 0.3 is 0 Å². The van der Waals surface area contributed by atoms with Gasteiger partial charge in [-0.3, -0.25) is 0 Å². The minimum atomic E-state index is 0.450. The molecule has 0 bridgehead atoms. The number of aromatic nitrogens is 6. The molecular weight excluding hydrogens is 545 g/mol. The first-order valence-corrected chi connectivity index (χ1v) is 13.8. The van der Waals surface area contributed by atoms with E-state index in [1.54, 1.807) is 25.6 Å². The maximum absolute atomic E-state index is 6.16. The number of fused-ring (bicyclic) bond motifs is 6. The van der Waals surface area contributed by atoms with Gasteiger partial charge < -0.3 is 20.0 Å². The summed E-state index contributed by atoms with van der Waals surface area (Å²) in [5.41, 5.74) is 7.66. The highest BCUT2D eigenvalue weighted by molar-refractivity contribution is 6.42. The van der Waals surface area contributed by atoms with Gasteiger partial charge in [-0.25, -0.2) is 19.9 Å². The molecule has 196 valence electrons. The third-order valence-electron chi connectivity index (χ3n) is 7.22. The molecule has 0 saturated heterocycles. The van der Waals surface area contributed by atoms with Crippen LogP contribution in [0.5, 0.6) is 5.75 Å². The van der Waals surface area contributed by atoms with Gasteiger partial charge in [0.2, 0.25) is 0 Å². The number of aryl methyl sites for hydroxylation is 4. The fourth-order valence-corrected chi connectivity index (χ4v) is 6.00. The van der Waals surface area contributed by atoms with Gasteiger partial charge in [0.05, 0.1) is 33.6 Å². The fourth-order valence-electron chi connectivity index (χ4n) is 5.43. The Bertz CT molecular complexity index is 1650. The lowest BCUT2D eigenvalue weighted by Gasteiger charge is -2.14. The van der Waals surface area contributed by atoms with Crippen LogP contribution in [0.25, 0.3) is 22.1 Å². The van der Waals surface area contributed by atoms with Crippen molar-refractivity contribution in [3.63, 3.8) is 0 Å². The number of hydrogen-bond acceptors (Lipinski definition) is 6. The van der Waals surface area contributed by atoms with Gasteiger partial charge in [-0.1, -0.05) is 34.8 Å². The van der Waals surface area contributed by atoms with E-state index in [1.165, 1.54) is 54.5 Å². The molecule has 4 heterocycles. The molecule has 0 atom stereocenters. The van der Waals surface area contributed by atoms with E-state index in [1.807, 2.05) is 0 Å². The van der Waals surface area contributed by atoms with Crippen LogP contribution in [-0.2, 0) is 25.7 Å². The van der Waals surface area contributed by atoms with E-state index in [9.17, 15) is 0 Å². The lowest BCUT2D eigenvalue weighted by Crippen LogP contribution is -2.02. The Hall–Kier alpha value is -3.07. The SMILES string of the molecule is COc1cc(Cl)c(Cl)cc1Nc1ncnc2[nH]c3c(c12)CCCC3.Clc1ncnc2[nH]c3c(c12)CCCC3. The number of halogens is 3. The Balaban J connectivity index is 0.000000159. The lowest BCUT2D eigenvalue weighted by atomic mass is 9.96. The normalized spacial score (nSPS) is 14.5. The number of hydrogen-bond donors (Lipinski definition) is 3. The molecule has 0 unspecified atom stereocenters. The molecule has 2 aliphatic carbocycles. The van der Waals surface area contributed by atoms with Crippen molar-refractivity contribution in [2.24, 2.45) is 0 Å². The molecule has 2 aliphatic rings. The monoisotopic (exact) mass is 569 g/mol. The average molecular weight is 571 g/mol. The van der Waals surface area contributed by atoms with Gasteiger partial charge in [0, 0.05) is 17.5 Å². The van der Waals surface area contributed by atoms with Crippen LogP contribution >= 0.6 is 34.8 Å². The molecule has 7 rings (SSSR count). The molecule has 0 saturated carbocycles. The van der Waals surface area contributed by atoms with E-state index in [-0.39, 0.29) is 0 Å². The summed E-state index contributed by atoms with van der Waals surface area (Å²) in [4.78, 5) is 23.8. The summed E-state index contributed by atoms with van der Waals surface area (Å²) in [5, 5.41) is 6.89.